The van der Waals surface area contributed by atoms with Gasteiger partial charge >= 0.3 is 0 Å². The minimum Gasteiger partial charge on any atom is -0.493 e. The van der Waals surface area contributed by atoms with Crippen molar-refractivity contribution in [3.05, 3.63) is 88.7 Å². The average molecular weight is 444 g/mol. The van der Waals surface area contributed by atoms with Gasteiger partial charge in [0, 0.05) is 31.0 Å². The minimum absolute atomic E-state index is 0.0488. The molecule has 7 nitrogen and oxygen atoms in total. The molecule has 0 unspecified atom stereocenters. The van der Waals surface area contributed by atoms with Crippen LogP contribution < -0.4 is 14.8 Å². The Bertz CT molecular complexity index is 1210. The first-order valence-electron chi connectivity index (χ1n) is 10.9. The second-order valence-electron chi connectivity index (χ2n) is 8.24. The van der Waals surface area contributed by atoms with E-state index in [4.69, 9.17) is 9.47 Å². The number of hydrogen-bond acceptors (Lipinski definition) is 5. The van der Waals surface area contributed by atoms with Crippen molar-refractivity contribution < 1.29 is 19.1 Å². The summed E-state index contributed by atoms with van der Waals surface area (Å²) in [7, 11) is 3.19. The lowest BCUT2D eigenvalue weighted by atomic mass is 9.75. The molecule has 3 aromatic rings. The fourth-order valence-electron chi connectivity index (χ4n) is 4.94. The quantitative estimate of drug-likeness (QED) is 0.655. The van der Waals surface area contributed by atoms with Crippen LogP contribution in [0.1, 0.15) is 44.6 Å². The molecule has 0 radical (unpaired) electrons. The van der Waals surface area contributed by atoms with E-state index in [1.165, 1.54) is 0 Å². The number of carbonyl (C=O) groups excluding carboxylic acids is 2. The van der Waals surface area contributed by atoms with Crippen LogP contribution in [0.5, 0.6) is 11.5 Å². The highest BCUT2D eigenvalue weighted by atomic mass is 16.5. The molecule has 33 heavy (non-hydrogen) atoms. The zero-order chi connectivity index (χ0) is 22.9. The van der Waals surface area contributed by atoms with Gasteiger partial charge in [0.05, 0.1) is 26.2 Å². The summed E-state index contributed by atoms with van der Waals surface area (Å²) in [6.07, 6.45) is 4.12. The molecule has 1 aromatic heterocycles. The molecule has 0 aliphatic carbocycles. The molecule has 0 fully saturated rings. The lowest BCUT2D eigenvalue weighted by molar-refractivity contribution is -0.124. The van der Waals surface area contributed by atoms with Crippen molar-refractivity contribution in [2.45, 2.75) is 24.9 Å². The number of amides is 2. The van der Waals surface area contributed by atoms with Crippen LogP contribution in [-0.4, -0.2) is 42.5 Å². The number of rotatable bonds is 5. The van der Waals surface area contributed by atoms with Gasteiger partial charge in [0.1, 0.15) is 0 Å². The number of carbonyl (C=O) groups is 2. The number of ether oxygens (including phenoxy) is 2. The Kier molecular flexibility index (Phi) is 5.46. The van der Waals surface area contributed by atoms with Crippen LogP contribution in [0.15, 0.2) is 60.9 Å². The van der Waals surface area contributed by atoms with Crippen molar-refractivity contribution in [3.63, 3.8) is 0 Å². The topological polar surface area (TPSA) is 80.8 Å². The number of fused-ring (bicyclic) bond motifs is 4. The first kappa shape index (κ1) is 21.0. The number of aromatic nitrogens is 1. The predicted molar refractivity (Wildman–Crippen MR) is 122 cm³/mol. The van der Waals surface area contributed by atoms with Gasteiger partial charge < -0.3 is 19.7 Å². The Morgan fingerprint density at radius 3 is 2.64 bits per heavy atom. The van der Waals surface area contributed by atoms with E-state index in [9.17, 15) is 9.59 Å². The third-order valence-corrected chi connectivity index (χ3v) is 6.50. The molecule has 168 valence electrons. The molecular formula is C26H25N3O4. The lowest BCUT2D eigenvalue weighted by Gasteiger charge is -2.45. The van der Waals surface area contributed by atoms with Crippen molar-refractivity contribution >= 4 is 11.8 Å². The number of nitrogens with one attached hydrogen (secondary N) is 1. The molecule has 0 saturated heterocycles. The lowest BCUT2D eigenvalue weighted by Crippen LogP contribution is -2.50. The van der Waals surface area contributed by atoms with Crippen LogP contribution in [0.25, 0.3) is 0 Å². The Morgan fingerprint density at radius 1 is 1.09 bits per heavy atom. The van der Waals surface area contributed by atoms with E-state index >= 15 is 0 Å². The summed E-state index contributed by atoms with van der Waals surface area (Å²) in [5.74, 6) is 0.500. The Hall–Kier alpha value is -3.87. The highest BCUT2D eigenvalue weighted by Crippen LogP contribution is 2.48. The summed E-state index contributed by atoms with van der Waals surface area (Å²) >= 11 is 0. The van der Waals surface area contributed by atoms with Crippen LogP contribution in [0.4, 0.5) is 0 Å². The summed E-state index contributed by atoms with van der Waals surface area (Å²) in [5.41, 5.74) is 4.22. The summed E-state index contributed by atoms with van der Waals surface area (Å²) in [5, 5.41) is 3.07. The first-order chi connectivity index (χ1) is 16.1. The average Bonchev–Trinajstić information content (AvgIpc) is 2.87. The van der Waals surface area contributed by atoms with Gasteiger partial charge in [-0.15, -0.1) is 0 Å². The smallest absolute Gasteiger partial charge is 0.254 e. The highest BCUT2D eigenvalue weighted by Gasteiger charge is 2.46. The van der Waals surface area contributed by atoms with Crippen LogP contribution in [0.2, 0.25) is 0 Å². The standard InChI is InChI=1S/C26H25N3O4/c1-32-21-12-17-9-11-29-24(20(17)13-22(21)33-2)23(18-7-3-4-8-19(18)26(29)31)25(30)28-15-16-6-5-10-27-14-16/h3-8,10,12-14,23-24H,9,11,15H2,1-2H3,(H,28,30)/t23-,24-/m1/s1. The fraction of sp³-hybridized carbons (Fsp3) is 0.269. The molecule has 1 N–H and O–H groups in total. The molecule has 0 bridgehead atoms. The first-order valence-corrected chi connectivity index (χ1v) is 10.9. The van der Waals surface area contributed by atoms with Crippen molar-refractivity contribution in [2.24, 2.45) is 0 Å². The maximum absolute atomic E-state index is 13.7. The zero-order valence-corrected chi connectivity index (χ0v) is 18.6. The molecule has 2 aliphatic rings. The van der Waals surface area contributed by atoms with Crippen molar-refractivity contribution in [1.29, 1.82) is 0 Å². The summed E-state index contributed by atoms with van der Waals surface area (Å²) < 4.78 is 11.0. The third-order valence-electron chi connectivity index (χ3n) is 6.50. The van der Waals surface area contributed by atoms with Gasteiger partial charge in [0.2, 0.25) is 5.91 Å². The van der Waals surface area contributed by atoms with Gasteiger partial charge in [-0.2, -0.15) is 0 Å². The van der Waals surface area contributed by atoms with Gasteiger partial charge in [-0.25, -0.2) is 0 Å². The molecule has 7 heteroatoms. The molecule has 0 spiro atoms. The van der Waals surface area contributed by atoms with Crippen molar-refractivity contribution in [1.82, 2.24) is 15.2 Å². The zero-order valence-electron chi connectivity index (χ0n) is 18.6. The highest BCUT2D eigenvalue weighted by molar-refractivity contribution is 6.01. The number of benzene rings is 2. The van der Waals surface area contributed by atoms with Crippen LogP contribution in [0, 0.1) is 0 Å². The number of hydrogen-bond donors (Lipinski definition) is 1. The second kappa shape index (κ2) is 8.58. The van der Waals surface area contributed by atoms with E-state index in [1.807, 2.05) is 47.4 Å². The maximum atomic E-state index is 13.7. The van der Waals surface area contributed by atoms with Crippen molar-refractivity contribution in [2.75, 3.05) is 20.8 Å². The SMILES string of the molecule is COc1cc2c(cc1OC)[C@@H]1[C@H](C(=O)NCc3cccnc3)c3ccccc3C(=O)N1CC2. The van der Waals surface area contributed by atoms with E-state index < -0.39 is 12.0 Å². The third kappa shape index (κ3) is 3.59. The van der Waals surface area contributed by atoms with E-state index in [0.717, 1.165) is 22.3 Å². The van der Waals surface area contributed by atoms with Gasteiger partial charge in [-0.3, -0.25) is 14.6 Å². The summed E-state index contributed by atoms with van der Waals surface area (Å²) in [6.45, 7) is 0.900. The number of methoxy groups -OCH3 is 2. The second-order valence-corrected chi connectivity index (χ2v) is 8.24. The van der Waals surface area contributed by atoms with E-state index in [1.54, 1.807) is 32.7 Å². The summed E-state index contributed by atoms with van der Waals surface area (Å²) in [4.78, 5) is 33.0. The van der Waals surface area contributed by atoms with Crippen LogP contribution >= 0.6 is 0 Å². The van der Waals surface area contributed by atoms with Gasteiger partial charge in [-0.05, 0) is 52.9 Å². The Balaban J connectivity index is 1.59. The molecule has 2 atom stereocenters. The predicted octanol–water partition coefficient (Wildman–Crippen LogP) is 3.25. The van der Waals surface area contributed by atoms with E-state index in [-0.39, 0.29) is 11.8 Å². The molecular weight excluding hydrogens is 418 g/mol. The molecule has 2 aromatic carbocycles. The normalized spacial score (nSPS) is 18.6. The minimum atomic E-state index is -0.548. The molecule has 5 rings (SSSR count). The summed E-state index contributed by atoms with van der Waals surface area (Å²) in [6, 6.07) is 14.6. The Labute approximate surface area is 192 Å². The number of nitrogens with zero attached hydrogens (tertiary/aromatic N) is 2. The van der Waals surface area contributed by atoms with Crippen LogP contribution in [-0.2, 0) is 17.8 Å². The Morgan fingerprint density at radius 2 is 1.88 bits per heavy atom. The van der Waals surface area contributed by atoms with Gasteiger partial charge in [0.25, 0.3) is 5.91 Å². The molecule has 2 amide bonds. The van der Waals surface area contributed by atoms with Crippen molar-refractivity contribution in [3.8, 4) is 11.5 Å². The molecule has 3 heterocycles. The molecule has 2 aliphatic heterocycles. The molecule has 0 saturated carbocycles. The monoisotopic (exact) mass is 443 g/mol. The van der Waals surface area contributed by atoms with Crippen LogP contribution in [0.3, 0.4) is 0 Å². The van der Waals surface area contributed by atoms with E-state index in [0.29, 0.717) is 36.6 Å². The van der Waals surface area contributed by atoms with Gasteiger partial charge in [0.15, 0.2) is 11.5 Å². The number of pyridine rings is 1. The van der Waals surface area contributed by atoms with Gasteiger partial charge in [-0.1, -0.05) is 24.3 Å². The van der Waals surface area contributed by atoms with E-state index in [2.05, 4.69) is 10.3 Å². The fourth-order valence-corrected chi connectivity index (χ4v) is 4.94. The largest absolute Gasteiger partial charge is 0.493 e. The maximum Gasteiger partial charge on any atom is 0.254 e.